The number of aliphatic hydroxyl groups is 1. The predicted molar refractivity (Wildman–Crippen MR) is 81.6 cm³/mol. The molecule has 0 unspecified atom stereocenters. The highest BCUT2D eigenvalue weighted by Crippen LogP contribution is 2.40. The first-order valence-corrected chi connectivity index (χ1v) is 7.64. The van der Waals surface area contributed by atoms with Gasteiger partial charge >= 0.3 is 6.18 Å². The van der Waals surface area contributed by atoms with Crippen molar-refractivity contribution >= 4 is 17.5 Å². The molecule has 3 rings (SSSR count). The lowest BCUT2D eigenvalue weighted by Crippen LogP contribution is -2.32. The minimum absolute atomic E-state index is 0.0208. The van der Waals surface area contributed by atoms with E-state index in [1.807, 2.05) is 0 Å². The quantitative estimate of drug-likeness (QED) is 0.861. The van der Waals surface area contributed by atoms with Crippen molar-refractivity contribution in [2.75, 3.05) is 6.54 Å². The van der Waals surface area contributed by atoms with Gasteiger partial charge in [-0.1, -0.05) is 29.8 Å². The molecule has 2 heterocycles. The average molecular weight is 359 g/mol. The summed E-state index contributed by atoms with van der Waals surface area (Å²) in [5.41, 5.74) is -0.650. The number of aromatic nitrogens is 1. The van der Waals surface area contributed by atoms with Gasteiger partial charge in [0.05, 0.1) is 22.7 Å². The van der Waals surface area contributed by atoms with Crippen LogP contribution < -0.4 is 0 Å². The van der Waals surface area contributed by atoms with Crippen molar-refractivity contribution in [1.82, 2.24) is 9.88 Å². The fourth-order valence-corrected chi connectivity index (χ4v) is 3.19. The number of nitrogens with one attached hydrogen (secondary N) is 1. The van der Waals surface area contributed by atoms with Crippen LogP contribution in [-0.2, 0) is 6.18 Å². The van der Waals surface area contributed by atoms with Gasteiger partial charge < -0.3 is 15.0 Å². The van der Waals surface area contributed by atoms with Crippen molar-refractivity contribution in [3.8, 4) is 0 Å². The maximum atomic E-state index is 13.3. The van der Waals surface area contributed by atoms with Gasteiger partial charge in [-0.25, -0.2) is 0 Å². The van der Waals surface area contributed by atoms with Gasteiger partial charge in [-0.05, 0) is 24.1 Å². The molecule has 4 nitrogen and oxygen atoms in total. The number of hydrogen-bond acceptors (Lipinski definition) is 2. The van der Waals surface area contributed by atoms with Crippen molar-refractivity contribution in [3.63, 3.8) is 0 Å². The summed E-state index contributed by atoms with van der Waals surface area (Å²) in [5.74, 6) is -0.500. The summed E-state index contributed by atoms with van der Waals surface area (Å²) in [6.07, 6.45) is -3.95. The molecule has 0 radical (unpaired) electrons. The van der Waals surface area contributed by atoms with Gasteiger partial charge in [0.1, 0.15) is 5.69 Å². The van der Waals surface area contributed by atoms with Crippen LogP contribution in [0.1, 0.15) is 34.1 Å². The molecular weight excluding hydrogens is 345 g/mol. The Morgan fingerprint density at radius 2 is 2.04 bits per heavy atom. The molecule has 1 saturated heterocycles. The topological polar surface area (TPSA) is 56.3 Å². The zero-order chi connectivity index (χ0) is 17.5. The van der Waals surface area contributed by atoms with Gasteiger partial charge in [0.2, 0.25) is 0 Å². The highest BCUT2D eigenvalue weighted by molar-refractivity contribution is 6.30. The molecule has 2 aromatic rings. The second-order valence-electron chi connectivity index (χ2n) is 5.68. The van der Waals surface area contributed by atoms with E-state index in [0.29, 0.717) is 5.02 Å². The summed E-state index contributed by atoms with van der Waals surface area (Å²) >= 11 is 5.78. The van der Waals surface area contributed by atoms with Gasteiger partial charge in [-0.15, -0.1) is 0 Å². The number of hydrogen-bond donors (Lipinski definition) is 2. The lowest BCUT2D eigenvalue weighted by atomic mass is 9.97. The third-order valence-electron chi connectivity index (χ3n) is 4.04. The third kappa shape index (κ3) is 3.14. The first kappa shape index (κ1) is 16.9. The number of carbonyl (C=O) groups is 1. The first-order chi connectivity index (χ1) is 11.3. The van der Waals surface area contributed by atoms with E-state index in [9.17, 15) is 23.1 Å². The van der Waals surface area contributed by atoms with E-state index in [-0.39, 0.29) is 24.2 Å². The molecule has 2 atom stereocenters. The second-order valence-corrected chi connectivity index (χ2v) is 6.12. The SMILES string of the molecule is O=C(c1cc(Cl)c[nH]1)N1C[C@H](O)C[C@H]1c1ccccc1C(F)(F)F. The Hall–Kier alpha value is -1.99. The van der Waals surface area contributed by atoms with Gasteiger partial charge in [0.25, 0.3) is 5.91 Å². The molecule has 1 aliphatic heterocycles. The number of alkyl halides is 3. The molecule has 1 aromatic carbocycles. The molecule has 0 saturated carbocycles. The highest BCUT2D eigenvalue weighted by atomic mass is 35.5. The molecule has 24 heavy (non-hydrogen) atoms. The van der Waals surface area contributed by atoms with Gasteiger partial charge in [0, 0.05) is 12.7 Å². The van der Waals surface area contributed by atoms with Crippen molar-refractivity contribution < 1.29 is 23.1 Å². The van der Waals surface area contributed by atoms with Crippen molar-refractivity contribution in [2.24, 2.45) is 0 Å². The zero-order valence-corrected chi connectivity index (χ0v) is 13.1. The molecule has 1 aromatic heterocycles. The maximum Gasteiger partial charge on any atom is 0.416 e. The molecule has 8 heteroatoms. The lowest BCUT2D eigenvalue weighted by Gasteiger charge is -2.26. The number of likely N-dealkylation sites (tertiary alicyclic amines) is 1. The minimum atomic E-state index is -4.53. The number of rotatable bonds is 2. The predicted octanol–water partition coefficient (Wildman–Crippen LogP) is 3.64. The average Bonchev–Trinajstić information content (AvgIpc) is 3.12. The molecular formula is C16H14ClF3N2O2. The van der Waals surface area contributed by atoms with Gasteiger partial charge in [-0.3, -0.25) is 4.79 Å². The Labute approximate surface area is 140 Å². The highest BCUT2D eigenvalue weighted by Gasteiger charge is 2.41. The molecule has 1 aliphatic rings. The van der Waals surface area contributed by atoms with Crippen LogP contribution in [0.4, 0.5) is 13.2 Å². The fraction of sp³-hybridized carbons (Fsp3) is 0.312. The van der Waals surface area contributed by atoms with E-state index in [4.69, 9.17) is 11.6 Å². The number of carbonyl (C=O) groups excluding carboxylic acids is 1. The Morgan fingerprint density at radius 1 is 1.33 bits per heavy atom. The van der Waals surface area contributed by atoms with Crippen LogP contribution in [0.5, 0.6) is 0 Å². The van der Waals surface area contributed by atoms with Crippen LogP contribution in [0.15, 0.2) is 36.5 Å². The zero-order valence-electron chi connectivity index (χ0n) is 12.3. The molecule has 2 N–H and O–H groups in total. The van der Waals surface area contributed by atoms with E-state index in [2.05, 4.69) is 4.98 Å². The second kappa shape index (κ2) is 6.14. The number of H-pyrrole nitrogens is 1. The number of halogens is 4. The Bertz CT molecular complexity index is 760. The maximum absolute atomic E-state index is 13.3. The Balaban J connectivity index is 1.99. The summed E-state index contributed by atoms with van der Waals surface area (Å²) in [5, 5.41) is 10.2. The van der Waals surface area contributed by atoms with Crippen LogP contribution in [0.25, 0.3) is 0 Å². The number of aliphatic hydroxyl groups excluding tert-OH is 1. The van der Waals surface area contributed by atoms with E-state index >= 15 is 0 Å². The summed E-state index contributed by atoms with van der Waals surface area (Å²) in [6, 6.07) is 5.66. The number of nitrogens with zero attached hydrogens (tertiary/aromatic N) is 1. The molecule has 0 bridgehead atoms. The monoisotopic (exact) mass is 358 g/mol. The van der Waals surface area contributed by atoms with E-state index in [1.165, 1.54) is 35.4 Å². The smallest absolute Gasteiger partial charge is 0.391 e. The van der Waals surface area contributed by atoms with Crippen LogP contribution in [0.3, 0.4) is 0 Å². The standard InChI is InChI=1S/C16H14ClF3N2O2/c17-9-5-13(21-7-9)15(24)22-8-10(23)6-14(22)11-3-1-2-4-12(11)16(18,19)20/h1-5,7,10,14,21,23H,6,8H2/t10-,14+/m1/s1. The summed E-state index contributed by atoms with van der Waals surface area (Å²) in [4.78, 5) is 16.5. The number of benzene rings is 1. The van der Waals surface area contributed by atoms with Gasteiger partial charge in [0.15, 0.2) is 0 Å². The first-order valence-electron chi connectivity index (χ1n) is 7.26. The van der Waals surface area contributed by atoms with Crippen LogP contribution in [0, 0.1) is 0 Å². The van der Waals surface area contributed by atoms with E-state index in [0.717, 1.165) is 6.07 Å². The fourth-order valence-electron chi connectivity index (χ4n) is 3.02. The minimum Gasteiger partial charge on any atom is -0.391 e. The van der Waals surface area contributed by atoms with E-state index < -0.39 is 29.8 Å². The molecule has 128 valence electrons. The number of amides is 1. The van der Waals surface area contributed by atoms with Crippen molar-refractivity contribution in [2.45, 2.75) is 24.7 Å². The Kier molecular flexibility index (Phi) is 4.31. The molecule has 0 aliphatic carbocycles. The molecule has 1 fully saturated rings. The van der Waals surface area contributed by atoms with E-state index in [1.54, 1.807) is 0 Å². The lowest BCUT2D eigenvalue weighted by molar-refractivity contribution is -0.138. The number of β-amino-alcohol motifs (C(OH)–C–C–N with tert-alkyl or cyclic N) is 1. The van der Waals surface area contributed by atoms with Crippen molar-refractivity contribution in [1.29, 1.82) is 0 Å². The Morgan fingerprint density at radius 3 is 2.67 bits per heavy atom. The number of aromatic amines is 1. The van der Waals surface area contributed by atoms with Crippen LogP contribution >= 0.6 is 11.6 Å². The summed E-state index contributed by atoms with van der Waals surface area (Å²) in [6.45, 7) is -0.0354. The summed E-state index contributed by atoms with van der Waals surface area (Å²) in [7, 11) is 0. The van der Waals surface area contributed by atoms with Crippen molar-refractivity contribution in [3.05, 3.63) is 58.4 Å². The van der Waals surface area contributed by atoms with Crippen LogP contribution in [-0.4, -0.2) is 33.5 Å². The molecule has 0 spiro atoms. The van der Waals surface area contributed by atoms with Gasteiger partial charge in [-0.2, -0.15) is 13.2 Å². The summed E-state index contributed by atoms with van der Waals surface area (Å²) < 4.78 is 39.8. The third-order valence-corrected chi connectivity index (χ3v) is 4.26. The largest absolute Gasteiger partial charge is 0.416 e. The van der Waals surface area contributed by atoms with Crippen LogP contribution in [0.2, 0.25) is 5.02 Å². The molecule has 1 amide bonds. The normalized spacial score (nSPS) is 21.3.